The minimum atomic E-state index is -0.239. The average Bonchev–Trinajstić information content (AvgIpc) is 3.08. The van der Waals surface area contributed by atoms with Crippen LogP contribution in [0.4, 0.5) is 10.3 Å². The maximum absolute atomic E-state index is 13.3. The summed E-state index contributed by atoms with van der Waals surface area (Å²) in [5, 5.41) is 11.9. The Labute approximate surface area is 128 Å². The van der Waals surface area contributed by atoms with E-state index in [1.807, 2.05) is 18.0 Å². The Morgan fingerprint density at radius 1 is 1.45 bits per heavy atom. The molecule has 22 heavy (non-hydrogen) atoms. The van der Waals surface area contributed by atoms with Gasteiger partial charge in [0, 0.05) is 20.2 Å². The molecule has 1 aliphatic heterocycles. The van der Waals surface area contributed by atoms with Crippen molar-refractivity contribution in [2.45, 2.75) is 38.5 Å². The van der Waals surface area contributed by atoms with Gasteiger partial charge < -0.3 is 9.64 Å². The predicted octanol–water partition coefficient (Wildman–Crippen LogP) is 2.02. The maximum Gasteiger partial charge on any atom is 0.245 e. The van der Waals surface area contributed by atoms with E-state index in [1.165, 1.54) is 12.1 Å². The lowest BCUT2D eigenvalue weighted by Gasteiger charge is -2.25. The maximum atomic E-state index is 13.3. The van der Waals surface area contributed by atoms with Crippen molar-refractivity contribution in [3.8, 4) is 0 Å². The molecule has 1 aromatic carbocycles. The van der Waals surface area contributed by atoms with Gasteiger partial charge in [0.05, 0.1) is 12.1 Å². The number of ether oxygens (including phenoxy) is 1. The third kappa shape index (κ3) is 3.24. The Morgan fingerprint density at radius 2 is 2.32 bits per heavy atom. The zero-order valence-electron chi connectivity index (χ0n) is 12.9. The number of hydrogen-bond donors (Lipinski definition) is 0. The van der Waals surface area contributed by atoms with E-state index in [1.54, 1.807) is 10.7 Å². The van der Waals surface area contributed by atoms with Crippen LogP contribution in [0.15, 0.2) is 24.3 Å². The second-order valence-electron chi connectivity index (χ2n) is 6.02. The highest BCUT2D eigenvalue weighted by molar-refractivity contribution is 5.30. The quantitative estimate of drug-likeness (QED) is 0.846. The molecule has 1 fully saturated rings. The van der Waals surface area contributed by atoms with Gasteiger partial charge >= 0.3 is 0 Å². The van der Waals surface area contributed by atoms with E-state index in [-0.39, 0.29) is 11.4 Å². The summed E-state index contributed by atoms with van der Waals surface area (Å²) in [6.45, 7) is 4.02. The monoisotopic (exact) mass is 305 g/mol. The second kappa shape index (κ2) is 6.00. The molecule has 0 bridgehead atoms. The molecule has 7 heteroatoms. The zero-order chi connectivity index (χ0) is 15.6. The van der Waals surface area contributed by atoms with Crippen molar-refractivity contribution in [1.29, 1.82) is 0 Å². The molecule has 2 heterocycles. The highest BCUT2D eigenvalue weighted by Gasteiger charge is 2.32. The van der Waals surface area contributed by atoms with E-state index in [2.05, 4.69) is 22.4 Å². The first-order valence-corrected chi connectivity index (χ1v) is 7.41. The largest absolute Gasteiger partial charge is 0.373 e. The number of halogens is 1. The summed E-state index contributed by atoms with van der Waals surface area (Å²) in [4.78, 5) is 1.91. The number of rotatable bonds is 5. The van der Waals surface area contributed by atoms with E-state index >= 15 is 0 Å². The van der Waals surface area contributed by atoms with Crippen molar-refractivity contribution >= 4 is 5.95 Å². The summed E-state index contributed by atoms with van der Waals surface area (Å²) in [6.07, 6.45) is 2.06. The summed E-state index contributed by atoms with van der Waals surface area (Å²) < 4.78 is 20.8. The van der Waals surface area contributed by atoms with Gasteiger partial charge in [-0.1, -0.05) is 17.2 Å². The van der Waals surface area contributed by atoms with Gasteiger partial charge in [-0.05, 0) is 47.9 Å². The molecular weight excluding hydrogens is 285 g/mol. The number of hydrogen-bond acceptors (Lipinski definition) is 5. The first-order chi connectivity index (χ1) is 10.6. The summed E-state index contributed by atoms with van der Waals surface area (Å²) in [5.41, 5.74) is 0.657. The first kappa shape index (κ1) is 14.9. The van der Waals surface area contributed by atoms with Gasteiger partial charge in [0.2, 0.25) is 5.95 Å². The minimum Gasteiger partial charge on any atom is -0.373 e. The van der Waals surface area contributed by atoms with Crippen molar-refractivity contribution < 1.29 is 9.13 Å². The number of nitrogens with zero attached hydrogens (tertiary/aromatic N) is 5. The third-order valence-corrected chi connectivity index (χ3v) is 3.95. The summed E-state index contributed by atoms with van der Waals surface area (Å²) >= 11 is 0. The summed E-state index contributed by atoms with van der Waals surface area (Å²) in [5.74, 6) is 0.415. The van der Waals surface area contributed by atoms with Crippen LogP contribution in [0.5, 0.6) is 0 Å². The molecule has 2 aromatic rings. The van der Waals surface area contributed by atoms with Gasteiger partial charge in [-0.15, -0.1) is 0 Å². The van der Waals surface area contributed by atoms with Gasteiger partial charge in [-0.3, -0.25) is 0 Å². The molecule has 6 nitrogen and oxygen atoms in total. The van der Waals surface area contributed by atoms with E-state index in [4.69, 9.17) is 4.74 Å². The van der Waals surface area contributed by atoms with E-state index in [0.29, 0.717) is 19.0 Å². The highest BCUT2D eigenvalue weighted by Crippen LogP contribution is 2.27. The van der Waals surface area contributed by atoms with Crippen LogP contribution < -0.4 is 4.90 Å². The standard InChI is InChI=1S/C15H20FN5O/c1-15(7-4-8-22-15)11-21-14(17-18-19-21)20(2)10-12-5-3-6-13(16)9-12/h3,5-6,9H,4,7-8,10-11H2,1-2H3. The number of benzene rings is 1. The summed E-state index contributed by atoms with van der Waals surface area (Å²) in [6, 6.07) is 6.54. The lowest BCUT2D eigenvalue weighted by molar-refractivity contribution is 0.00348. The zero-order valence-corrected chi connectivity index (χ0v) is 12.9. The van der Waals surface area contributed by atoms with Gasteiger partial charge in [0.25, 0.3) is 0 Å². The van der Waals surface area contributed by atoms with Crippen LogP contribution in [-0.4, -0.2) is 39.5 Å². The van der Waals surface area contributed by atoms with Crippen molar-refractivity contribution in [2.75, 3.05) is 18.6 Å². The topological polar surface area (TPSA) is 56.1 Å². The Morgan fingerprint density at radius 3 is 3.05 bits per heavy atom. The van der Waals surface area contributed by atoms with Crippen LogP contribution in [0.2, 0.25) is 0 Å². The van der Waals surface area contributed by atoms with Crippen LogP contribution in [0.1, 0.15) is 25.3 Å². The highest BCUT2D eigenvalue weighted by atomic mass is 19.1. The lowest BCUT2D eigenvalue weighted by Crippen LogP contribution is -2.32. The van der Waals surface area contributed by atoms with Gasteiger partial charge in [-0.2, -0.15) is 0 Å². The molecule has 118 valence electrons. The van der Waals surface area contributed by atoms with Crippen molar-refractivity contribution in [2.24, 2.45) is 0 Å². The number of tetrazole rings is 1. The van der Waals surface area contributed by atoms with Gasteiger partial charge in [0.15, 0.2) is 0 Å². The molecule has 0 radical (unpaired) electrons. The fourth-order valence-electron chi connectivity index (χ4n) is 2.83. The molecule has 0 saturated carbocycles. The Balaban J connectivity index is 1.73. The molecule has 1 aliphatic rings. The normalized spacial score (nSPS) is 21.2. The molecule has 1 unspecified atom stereocenters. The predicted molar refractivity (Wildman–Crippen MR) is 79.9 cm³/mol. The van der Waals surface area contributed by atoms with E-state index in [9.17, 15) is 4.39 Å². The van der Waals surface area contributed by atoms with Crippen molar-refractivity contribution in [1.82, 2.24) is 20.2 Å². The molecule has 0 N–H and O–H groups in total. The molecule has 0 spiro atoms. The smallest absolute Gasteiger partial charge is 0.245 e. The molecule has 3 rings (SSSR count). The molecular formula is C15H20FN5O. The van der Waals surface area contributed by atoms with Crippen LogP contribution >= 0.6 is 0 Å². The second-order valence-corrected chi connectivity index (χ2v) is 6.02. The molecule has 0 amide bonds. The van der Waals surface area contributed by atoms with Crippen LogP contribution in [0.25, 0.3) is 0 Å². The Bertz CT molecular complexity index is 638. The van der Waals surface area contributed by atoms with Gasteiger partial charge in [-0.25, -0.2) is 9.07 Å². The van der Waals surface area contributed by atoms with E-state index < -0.39 is 0 Å². The van der Waals surface area contributed by atoms with Crippen LogP contribution in [0.3, 0.4) is 0 Å². The third-order valence-electron chi connectivity index (χ3n) is 3.95. The van der Waals surface area contributed by atoms with Crippen molar-refractivity contribution in [3.05, 3.63) is 35.6 Å². The fourth-order valence-corrected chi connectivity index (χ4v) is 2.83. The molecule has 1 atom stereocenters. The number of aromatic nitrogens is 4. The summed E-state index contributed by atoms with van der Waals surface area (Å²) in [7, 11) is 1.89. The Kier molecular flexibility index (Phi) is 4.06. The molecule has 1 saturated heterocycles. The van der Waals surface area contributed by atoms with Gasteiger partial charge in [0.1, 0.15) is 5.82 Å². The van der Waals surface area contributed by atoms with Crippen molar-refractivity contribution in [3.63, 3.8) is 0 Å². The van der Waals surface area contributed by atoms with Crippen LogP contribution in [-0.2, 0) is 17.8 Å². The lowest BCUT2D eigenvalue weighted by atomic mass is 10.0. The SMILES string of the molecule is CN(Cc1cccc(F)c1)c1nnnn1CC1(C)CCCO1. The Hall–Kier alpha value is -2.02. The molecule has 0 aliphatic carbocycles. The fraction of sp³-hybridized carbons (Fsp3) is 0.533. The van der Waals surface area contributed by atoms with E-state index in [0.717, 1.165) is 25.0 Å². The average molecular weight is 305 g/mol. The minimum absolute atomic E-state index is 0.218. The van der Waals surface area contributed by atoms with Crippen LogP contribution in [0, 0.1) is 5.82 Å². The first-order valence-electron chi connectivity index (χ1n) is 7.41. The number of anilines is 1. The molecule has 1 aromatic heterocycles.